The number of rotatable bonds is 14. The van der Waals surface area contributed by atoms with E-state index in [-0.39, 0.29) is 5.30 Å². The molecule has 1 heterocycles. The van der Waals surface area contributed by atoms with Crippen LogP contribution in [0.25, 0.3) is 22.0 Å². The zero-order valence-corrected chi connectivity index (χ0v) is 20.7. The number of pyridine rings is 1. The molecule has 0 atom stereocenters. The number of unbranched alkanes of at least 4 members (excludes halogenated alkanes) is 6. The average molecular weight is 470 g/mol. The highest BCUT2D eigenvalue weighted by Crippen LogP contribution is 2.46. The number of fused-ring (bicyclic) bond motifs is 1. The van der Waals surface area contributed by atoms with Gasteiger partial charge in [0.2, 0.25) is 0 Å². The number of nitrogens with one attached hydrogen (secondary N) is 1. The smallest absolute Gasteiger partial charge is 0.321 e. The third-order valence-corrected chi connectivity index (χ3v) is 7.77. The second kappa shape index (κ2) is 12.9. The van der Waals surface area contributed by atoms with Gasteiger partial charge in [0.15, 0.2) is 0 Å². The van der Waals surface area contributed by atoms with E-state index >= 15 is 0 Å². The van der Waals surface area contributed by atoms with Crippen LogP contribution in [0.5, 0.6) is 0 Å². The monoisotopic (exact) mass is 469 g/mol. The van der Waals surface area contributed by atoms with Crippen LogP contribution in [0.1, 0.15) is 65.2 Å². The summed E-state index contributed by atoms with van der Waals surface area (Å²) < 4.78 is 25.3. The molecule has 2 aromatic carbocycles. The van der Waals surface area contributed by atoms with Crippen molar-refractivity contribution in [1.29, 1.82) is 0 Å². The van der Waals surface area contributed by atoms with E-state index in [1.807, 2.05) is 42.5 Å². The molecule has 0 radical (unpaired) electrons. The minimum absolute atomic E-state index is 0.0810. The predicted octanol–water partition coefficient (Wildman–Crippen LogP) is 7.21. The Hall–Kier alpha value is -2.20. The second-order valence-electron chi connectivity index (χ2n) is 8.40. The summed E-state index contributed by atoms with van der Waals surface area (Å²) in [4.78, 5) is 16.0. The molecule has 0 saturated carbocycles. The lowest BCUT2D eigenvalue weighted by atomic mass is 10.0. The first kappa shape index (κ1) is 25.4. The minimum Gasteiger partial charge on any atom is -0.321 e. The molecule has 0 bridgehead atoms. The molecule has 0 saturated heterocycles. The van der Waals surface area contributed by atoms with Gasteiger partial charge in [0.25, 0.3) is 5.56 Å². The van der Waals surface area contributed by atoms with E-state index in [1.54, 1.807) is 12.1 Å². The Labute approximate surface area is 197 Å². The molecule has 6 heteroatoms. The molecule has 1 N–H and O–H groups in total. The Morgan fingerprint density at radius 3 is 2.03 bits per heavy atom. The van der Waals surface area contributed by atoms with Gasteiger partial charge in [-0.05, 0) is 35.7 Å². The van der Waals surface area contributed by atoms with E-state index in [0.717, 1.165) is 67.7 Å². The van der Waals surface area contributed by atoms with Crippen LogP contribution >= 0.6 is 7.60 Å². The number of hydrogen-bond acceptors (Lipinski definition) is 4. The summed E-state index contributed by atoms with van der Waals surface area (Å²) in [5.41, 5.74) is 1.18. The van der Waals surface area contributed by atoms with Crippen molar-refractivity contribution in [3.63, 3.8) is 0 Å². The fourth-order valence-electron chi connectivity index (χ4n) is 3.90. The molecule has 0 aliphatic heterocycles. The molecule has 0 aliphatic carbocycles. The zero-order valence-electron chi connectivity index (χ0n) is 19.8. The van der Waals surface area contributed by atoms with Gasteiger partial charge < -0.3 is 14.0 Å². The highest BCUT2D eigenvalue weighted by atomic mass is 31.2. The zero-order chi connectivity index (χ0) is 23.5. The Bertz CT molecular complexity index is 1100. The molecule has 3 rings (SSSR count). The second-order valence-corrected chi connectivity index (χ2v) is 10.4. The van der Waals surface area contributed by atoms with Crippen LogP contribution in [-0.4, -0.2) is 18.2 Å². The number of hydrogen-bond donors (Lipinski definition) is 1. The van der Waals surface area contributed by atoms with E-state index in [9.17, 15) is 9.36 Å². The largest absolute Gasteiger partial charge is 0.366 e. The third kappa shape index (κ3) is 6.89. The topological polar surface area (TPSA) is 68.4 Å². The van der Waals surface area contributed by atoms with Crippen LogP contribution in [0.4, 0.5) is 0 Å². The molecule has 5 nitrogen and oxygen atoms in total. The molecular formula is C27H36NO4P. The van der Waals surface area contributed by atoms with Crippen molar-refractivity contribution >= 4 is 23.7 Å². The van der Waals surface area contributed by atoms with Gasteiger partial charge in [-0.15, -0.1) is 0 Å². The van der Waals surface area contributed by atoms with Gasteiger partial charge in [0, 0.05) is 11.3 Å². The molecule has 0 spiro atoms. The van der Waals surface area contributed by atoms with E-state index in [4.69, 9.17) is 9.05 Å². The highest BCUT2D eigenvalue weighted by Gasteiger charge is 2.31. The molecule has 1 aromatic heterocycles. The Kier molecular flexibility index (Phi) is 9.93. The predicted molar refractivity (Wildman–Crippen MR) is 137 cm³/mol. The summed E-state index contributed by atoms with van der Waals surface area (Å²) in [7, 11) is -3.71. The minimum atomic E-state index is -3.71. The number of aromatic nitrogens is 1. The third-order valence-electron chi connectivity index (χ3n) is 5.78. The fraction of sp³-hybridized carbons (Fsp3) is 0.444. The summed E-state index contributed by atoms with van der Waals surface area (Å²) in [6.45, 7) is 4.91. The molecule has 0 unspecified atom stereocenters. The van der Waals surface area contributed by atoms with Crippen molar-refractivity contribution in [2.45, 2.75) is 65.2 Å². The summed E-state index contributed by atoms with van der Waals surface area (Å²) in [6, 6.07) is 17.4. The van der Waals surface area contributed by atoms with Gasteiger partial charge in [0.05, 0.1) is 13.2 Å². The molecule has 0 amide bonds. The van der Waals surface area contributed by atoms with Crippen LogP contribution in [0.15, 0.2) is 59.4 Å². The van der Waals surface area contributed by atoms with E-state index in [2.05, 4.69) is 18.8 Å². The van der Waals surface area contributed by atoms with Crippen LogP contribution < -0.4 is 10.9 Å². The standard InChI is InChI=1S/C27H36NO4P/c1-3-5-7-11-20-31-33(30,32-21-12-8-6-4-2)26-19-18-25(28-27(26)29)24-17-13-15-22-14-9-10-16-23(22)24/h9-10,13-19H,3-8,11-12,20-21H2,1-2H3,(H,28,29). The fourth-order valence-corrected chi connectivity index (χ4v) is 5.56. The van der Waals surface area contributed by atoms with Crippen LogP contribution in [-0.2, 0) is 13.6 Å². The van der Waals surface area contributed by atoms with Crippen molar-refractivity contribution in [2.75, 3.05) is 13.2 Å². The van der Waals surface area contributed by atoms with Crippen molar-refractivity contribution in [3.8, 4) is 11.3 Å². The first-order valence-electron chi connectivity index (χ1n) is 12.2. The van der Waals surface area contributed by atoms with Crippen molar-refractivity contribution in [2.24, 2.45) is 0 Å². The first-order valence-corrected chi connectivity index (χ1v) is 13.7. The maximum Gasteiger partial charge on any atom is 0.366 e. The molecule has 0 fully saturated rings. The van der Waals surface area contributed by atoms with E-state index in [0.29, 0.717) is 18.9 Å². The Balaban J connectivity index is 1.84. The highest BCUT2D eigenvalue weighted by molar-refractivity contribution is 7.62. The molecular weight excluding hydrogens is 433 g/mol. The lowest BCUT2D eigenvalue weighted by Crippen LogP contribution is -2.29. The van der Waals surface area contributed by atoms with E-state index < -0.39 is 13.2 Å². The van der Waals surface area contributed by atoms with Crippen molar-refractivity contribution in [3.05, 3.63) is 65.0 Å². The van der Waals surface area contributed by atoms with Gasteiger partial charge in [-0.25, -0.2) is 0 Å². The maximum absolute atomic E-state index is 13.7. The summed E-state index contributed by atoms with van der Waals surface area (Å²) in [5.74, 6) is 0. The lowest BCUT2D eigenvalue weighted by molar-refractivity contribution is 0.206. The van der Waals surface area contributed by atoms with Gasteiger partial charge in [-0.2, -0.15) is 0 Å². The Morgan fingerprint density at radius 1 is 0.758 bits per heavy atom. The van der Waals surface area contributed by atoms with Gasteiger partial charge in [0.1, 0.15) is 5.30 Å². The summed E-state index contributed by atoms with van der Waals surface area (Å²) in [5, 5.41) is 2.22. The van der Waals surface area contributed by atoms with E-state index in [1.165, 1.54) is 0 Å². The van der Waals surface area contributed by atoms with Gasteiger partial charge in [-0.3, -0.25) is 9.36 Å². The molecule has 33 heavy (non-hydrogen) atoms. The lowest BCUT2D eigenvalue weighted by Gasteiger charge is -2.19. The van der Waals surface area contributed by atoms with Crippen molar-refractivity contribution < 1.29 is 13.6 Å². The summed E-state index contributed by atoms with van der Waals surface area (Å²) in [6.07, 6.45) is 8.03. The van der Waals surface area contributed by atoms with Crippen LogP contribution in [0, 0.1) is 0 Å². The van der Waals surface area contributed by atoms with Gasteiger partial charge in [-0.1, -0.05) is 94.8 Å². The Morgan fingerprint density at radius 2 is 1.39 bits per heavy atom. The number of H-pyrrole nitrogens is 1. The van der Waals surface area contributed by atoms with Gasteiger partial charge >= 0.3 is 7.60 Å². The SMILES string of the molecule is CCCCCCOP(=O)(OCCCCCC)c1ccc(-c2cccc3ccccc23)[nH]c1=O. The van der Waals surface area contributed by atoms with Crippen LogP contribution in [0.2, 0.25) is 0 Å². The number of benzene rings is 2. The average Bonchev–Trinajstić information content (AvgIpc) is 2.83. The molecule has 0 aliphatic rings. The van der Waals surface area contributed by atoms with Crippen molar-refractivity contribution in [1.82, 2.24) is 4.98 Å². The summed E-state index contributed by atoms with van der Waals surface area (Å²) >= 11 is 0. The number of aromatic amines is 1. The maximum atomic E-state index is 13.7. The molecule has 3 aromatic rings. The van der Waals surface area contributed by atoms with Crippen LogP contribution in [0.3, 0.4) is 0 Å². The quantitative estimate of drug-likeness (QED) is 0.200. The first-order chi connectivity index (χ1) is 16.1. The molecule has 178 valence electrons. The normalized spacial score (nSPS) is 11.8.